The number of phenols is 2. The van der Waals surface area contributed by atoms with E-state index in [9.17, 15) is 10.2 Å². The van der Waals surface area contributed by atoms with Crippen molar-refractivity contribution < 1.29 is 10.2 Å². The minimum Gasteiger partial charge on any atom is -0.508 e. The SMILES string of the molecule is C=C1C=C(c2ccc(C)c(O)c2)Cc2cc(N)c(C)c(O)c21. The summed E-state index contributed by atoms with van der Waals surface area (Å²) >= 11 is 0. The summed E-state index contributed by atoms with van der Waals surface area (Å²) < 4.78 is 0. The Kier molecular flexibility index (Phi) is 3.21. The number of hydrogen-bond donors (Lipinski definition) is 3. The van der Waals surface area contributed by atoms with Crippen LogP contribution in [0.25, 0.3) is 11.1 Å². The van der Waals surface area contributed by atoms with Crippen LogP contribution in [0.15, 0.2) is 36.9 Å². The molecule has 0 fully saturated rings. The Hall–Kier alpha value is -2.68. The summed E-state index contributed by atoms with van der Waals surface area (Å²) in [5.74, 6) is 0.489. The number of fused-ring (bicyclic) bond motifs is 1. The van der Waals surface area contributed by atoms with Crippen LogP contribution in [0.5, 0.6) is 11.5 Å². The van der Waals surface area contributed by atoms with Gasteiger partial charge in [-0.25, -0.2) is 0 Å². The van der Waals surface area contributed by atoms with Crippen LogP contribution in [0.3, 0.4) is 0 Å². The number of benzene rings is 2. The van der Waals surface area contributed by atoms with E-state index in [0.29, 0.717) is 17.7 Å². The summed E-state index contributed by atoms with van der Waals surface area (Å²) in [5, 5.41) is 20.2. The second kappa shape index (κ2) is 4.95. The van der Waals surface area contributed by atoms with E-state index in [1.54, 1.807) is 13.0 Å². The number of anilines is 1. The summed E-state index contributed by atoms with van der Waals surface area (Å²) in [6.45, 7) is 7.73. The topological polar surface area (TPSA) is 66.5 Å². The maximum Gasteiger partial charge on any atom is 0.128 e. The third-order valence-corrected chi connectivity index (χ3v) is 4.31. The smallest absolute Gasteiger partial charge is 0.128 e. The normalized spacial score (nSPS) is 13.7. The van der Waals surface area contributed by atoms with Crippen molar-refractivity contribution in [1.82, 2.24) is 0 Å². The Labute approximate surface area is 130 Å². The van der Waals surface area contributed by atoms with Crippen LogP contribution in [0.1, 0.15) is 27.8 Å². The number of nitrogens with two attached hydrogens (primary N) is 1. The lowest BCUT2D eigenvalue weighted by Crippen LogP contribution is -2.05. The maximum atomic E-state index is 10.3. The number of aromatic hydroxyl groups is 2. The highest BCUT2D eigenvalue weighted by Gasteiger charge is 2.21. The van der Waals surface area contributed by atoms with Gasteiger partial charge in [-0.2, -0.15) is 0 Å². The molecule has 1 aliphatic rings. The first kappa shape index (κ1) is 14.3. The van der Waals surface area contributed by atoms with Gasteiger partial charge in [-0.3, -0.25) is 0 Å². The molecule has 0 spiro atoms. The molecule has 3 nitrogen and oxygen atoms in total. The Morgan fingerprint density at radius 1 is 1.14 bits per heavy atom. The number of nitrogen functional groups attached to an aromatic ring is 1. The van der Waals surface area contributed by atoms with Crippen molar-refractivity contribution in [2.45, 2.75) is 20.3 Å². The minimum absolute atomic E-state index is 0.210. The van der Waals surface area contributed by atoms with Crippen molar-refractivity contribution in [3.05, 3.63) is 64.7 Å². The average Bonchev–Trinajstić information content (AvgIpc) is 2.47. The second-order valence-electron chi connectivity index (χ2n) is 5.85. The van der Waals surface area contributed by atoms with Gasteiger partial charge in [0, 0.05) is 16.8 Å². The van der Waals surface area contributed by atoms with Gasteiger partial charge in [0.2, 0.25) is 0 Å². The molecule has 2 aromatic carbocycles. The van der Waals surface area contributed by atoms with Crippen LogP contribution >= 0.6 is 0 Å². The van der Waals surface area contributed by atoms with Crippen molar-refractivity contribution in [2.24, 2.45) is 0 Å². The van der Waals surface area contributed by atoms with Crippen molar-refractivity contribution in [3.8, 4) is 11.5 Å². The number of phenolic OH excluding ortho intramolecular Hbond substituents is 2. The minimum atomic E-state index is 0.210. The molecule has 1 aliphatic carbocycles. The molecule has 4 N–H and O–H groups in total. The molecule has 0 aromatic heterocycles. The van der Waals surface area contributed by atoms with Crippen molar-refractivity contribution in [3.63, 3.8) is 0 Å². The molecule has 0 unspecified atom stereocenters. The molecule has 3 heteroatoms. The fraction of sp³-hybridized carbons (Fsp3) is 0.158. The first-order chi connectivity index (χ1) is 10.4. The Morgan fingerprint density at radius 2 is 1.86 bits per heavy atom. The van der Waals surface area contributed by atoms with E-state index in [1.807, 2.05) is 31.2 Å². The summed E-state index contributed by atoms with van der Waals surface area (Å²) in [5.41, 5.74) is 12.6. The van der Waals surface area contributed by atoms with Gasteiger partial charge in [-0.15, -0.1) is 0 Å². The third kappa shape index (κ3) is 2.15. The summed E-state index contributed by atoms with van der Waals surface area (Å²) in [6, 6.07) is 7.54. The van der Waals surface area contributed by atoms with Crippen LogP contribution in [-0.4, -0.2) is 10.2 Å². The average molecular weight is 293 g/mol. The van der Waals surface area contributed by atoms with E-state index in [1.165, 1.54) is 0 Å². The zero-order valence-electron chi connectivity index (χ0n) is 12.8. The third-order valence-electron chi connectivity index (χ3n) is 4.31. The standard InChI is InChI=1S/C19H19NO2/c1-10-4-5-13(9-17(10)21)14-6-11(2)18-15(7-14)8-16(20)12(3)19(18)22/h4-6,8-9,21-22H,2,7,20H2,1,3H3. The van der Waals surface area contributed by atoms with Gasteiger partial charge in [0.15, 0.2) is 0 Å². The molecular weight excluding hydrogens is 274 g/mol. The molecule has 2 aromatic rings. The molecular formula is C19H19NO2. The van der Waals surface area contributed by atoms with E-state index in [2.05, 4.69) is 6.58 Å². The molecule has 3 rings (SSSR count). The lowest BCUT2D eigenvalue weighted by molar-refractivity contribution is 0.469. The van der Waals surface area contributed by atoms with Gasteiger partial charge in [-0.1, -0.05) is 24.8 Å². The zero-order valence-corrected chi connectivity index (χ0v) is 12.8. The van der Waals surface area contributed by atoms with Gasteiger partial charge < -0.3 is 15.9 Å². The van der Waals surface area contributed by atoms with Gasteiger partial charge in [-0.05, 0) is 60.2 Å². The second-order valence-corrected chi connectivity index (χ2v) is 5.85. The highest BCUT2D eigenvalue weighted by Crippen LogP contribution is 2.41. The summed E-state index contributed by atoms with van der Waals surface area (Å²) in [7, 11) is 0. The first-order valence-corrected chi connectivity index (χ1v) is 7.19. The number of aryl methyl sites for hydroxylation is 1. The predicted molar refractivity (Wildman–Crippen MR) is 90.8 cm³/mol. The van der Waals surface area contributed by atoms with E-state index >= 15 is 0 Å². The predicted octanol–water partition coefficient (Wildman–Crippen LogP) is 3.95. The molecule has 0 radical (unpaired) electrons. The van der Waals surface area contributed by atoms with Crippen LogP contribution in [-0.2, 0) is 6.42 Å². The van der Waals surface area contributed by atoms with E-state index < -0.39 is 0 Å². The maximum absolute atomic E-state index is 10.3. The Bertz CT molecular complexity index is 832. The Morgan fingerprint density at radius 3 is 2.55 bits per heavy atom. The number of hydrogen-bond acceptors (Lipinski definition) is 3. The summed E-state index contributed by atoms with van der Waals surface area (Å²) in [4.78, 5) is 0. The fourth-order valence-electron chi connectivity index (χ4n) is 2.88. The number of allylic oxidation sites excluding steroid dienone is 3. The van der Waals surface area contributed by atoms with Gasteiger partial charge in [0.1, 0.15) is 11.5 Å². The zero-order chi connectivity index (χ0) is 16.0. The van der Waals surface area contributed by atoms with Gasteiger partial charge in [0.05, 0.1) is 0 Å². The van der Waals surface area contributed by atoms with Crippen molar-refractivity contribution in [1.29, 1.82) is 0 Å². The Balaban J connectivity index is 2.10. The quantitative estimate of drug-likeness (QED) is 0.697. The molecule has 0 bridgehead atoms. The molecule has 0 atom stereocenters. The molecule has 0 saturated carbocycles. The van der Waals surface area contributed by atoms with E-state index in [-0.39, 0.29) is 11.5 Å². The molecule has 0 aliphatic heterocycles. The first-order valence-electron chi connectivity index (χ1n) is 7.19. The molecule has 0 saturated heterocycles. The van der Waals surface area contributed by atoms with Crippen LogP contribution in [0.4, 0.5) is 5.69 Å². The summed E-state index contributed by atoms with van der Waals surface area (Å²) in [6.07, 6.45) is 2.61. The lowest BCUT2D eigenvalue weighted by Gasteiger charge is -2.22. The lowest BCUT2D eigenvalue weighted by atomic mass is 9.83. The van der Waals surface area contributed by atoms with Gasteiger partial charge in [0.25, 0.3) is 0 Å². The van der Waals surface area contributed by atoms with E-state index in [0.717, 1.165) is 33.4 Å². The van der Waals surface area contributed by atoms with Gasteiger partial charge >= 0.3 is 0 Å². The highest BCUT2D eigenvalue weighted by atomic mass is 16.3. The largest absolute Gasteiger partial charge is 0.508 e. The molecule has 0 heterocycles. The van der Waals surface area contributed by atoms with Crippen LogP contribution < -0.4 is 5.73 Å². The fourth-order valence-corrected chi connectivity index (χ4v) is 2.88. The van der Waals surface area contributed by atoms with Crippen LogP contribution in [0, 0.1) is 13.8 Å². The molecule has 112 valence electrons. The number of rotatable bonds is 1. The van der Waals surface area contributed by atoms with E-state index in [4.69, 9.17) is 5.73 Å². The monoisotopic (exact) mass is 293 g/mol. The van der Waals surface area contributed by atoms with Crippen molar-refractivity contribution >= 4 is 16.8 Å². The van der Waals surface area contributed by atoms with Crippen molar-refractivity contribution in [2.75, 3.05) is 5.73 Å². The highest BCUT2D eigenvalue weighted by molar-refractivity contribution is 5.92. The molecule has 22 heavy (non-hydrogen) atoms. The van der Waals surface area contributed by atoms with Crippen LogP contribution in [0.2, 0.25) is 0 Å². The molecule has 0 amide bonds.